The number of anilines is 1. The van der Waals surface area contributed by atoms with Crippen LogP contribution in [0.25, 0.3) is 0 Å². The van der Waals surface area contributed by atoms with Crippen molar-refractivity contribution in [3.8, 4) is 0 Å². The molecule has 2 aromatic carbocycles. The van der Waals surface area contributed by atoms with Crippen molar-refractivity contribution >= 4 is 11.6 Å². The van der Waals surface area contributed by atoms with Gasteiger partial charge in [0, 0.05) is 17.4 Å². The fraction of sp³-hybridized carbons (Fsp3) is 0.400. The van der Waals surface area contributed by atoms with Crippen LogP contribution in [0.1, 0.15) is 66.7 Å². The molecule has 4 heteroatoms. The van der Waals surface area contributed by atoms with Crippen LogP contribution in [0.2, 0.25) is 0 Å². The van der Waals surface area contributed by atoms with Crippen molar-refractivity contribution in [1.29, 1.82) is 0 Å². The molecular weight excluding hydrogens is 420 g/mol. The Balaban J connectivity index is 1.34. The van der Waals surface area contributed by atoms with Crippen LogP contribution in [-0.2, 0) is 17.8 Å². The predicted octanol–water partition coefficient (Wildman–Crippen LogP) is 6.07. The van der Waals surface area contributed by atoms with Gasteiger partial charge in [-0.05, 0) is 85.8 Å². The van der Waals surface area contributed by atoms with Crippen LogP contribution >= 0.6 is 0 Å². The normalized spacial score (nSPS) is 17.0. The van der Waals surface area contributed by atoms with Crippen molar-refractivity contribution in [3.63, 3.8) is 0 Å². The summed E-state index contributed by atoms with van der Waals surface area (Å²) in [4.78, 5) is 25.9. The van der Waals surface area contributed by atoms with Crippen molar-refractivity contribution in [3.05, 3.63) is 99.5 Å². The van der Waals surface area contributed by atoms with Crippen molar-refractivity contribution in [2.75, 3.05) is 5.32 Å². The summed E-state index contributed by atoms with van der Waals surface area (Å²) in [5, 5.41) is 3.24. The Morgan fingerprint density at radius 2 is 1.74 bits per heavy atom. The number of hydrogen-bond donors (Lipinski definition) is 1. The minimum Gasteiger partial charge on any atom is -0.326 e. The SMILES string of the molecule is Cc1cccn(Cc2ccc(C(C(=O)Nc3cccc(CC4CC4)c3)C3CCCC3)cc2)c1=O. The molecule has 2 aliphatic carbocycles. The molecule has 1 unspecified atom stereocenters. The zero-order chi connectivity index (χ0) is 23.5. The summed E-state index contributed by atoms with van der Waals surface area (Å²) in [7, 11) is 0. The van der Waals surface area contributed by atoms with Gasteiger partial charge in [0.25, 0.3) is 5.56 Å². The Hall–Kier alpha value is -3.14. The van der Waals surface area contributed by atoms with Crippen LogP contribution in [0.4, 0.5) is 5.69 Å². The summed E-state index contributed by atoms with van der Waals surface area (Å²) in [6, 6.07) is 20.4. The molecule has 0 spiro atoms. The van der Waals surface area contributed by atoms with Gasteiger partial charge in [-0.15, -0.1) is 0 Å². The summed E-state index contributed by atoms with van der Waals surface area (Å²) in [5.74, 6) is 1.15. The Labute approximate surface area is 202 Å². The highest BCUT2D eigenvalue weighted by molar-refractivity contribution is 5.96. The molecule has 5 rings (SSSR count). The van der Waals surface area contributed by atoms with E-state index < -0.39 is 0 Å². The Kier molecular flexibility index (Phi) is 6.66. The number of nitrogens with zero attached hydrogens (tertiary/aromatic N) is 1. The molecular formula is C30H34N2O2. The third-order valence-corrected chi connectivity index (χ3v) is 7.47. The van der Waals surface area contributed by atoms with Crippen LogP contribution in [0.5, 0.6) is 0 Å². The molecule has 1 heterocycles. The van der Waals surface area contributed by atoms with E-state index in [2.05, 4.69) is 47.8 Å². The monoisotopic (exact) mass is 454 g/mol. The van der Waals surface area contributed by atoms with Crippen molar-refractivity contribution in [1.82, 2.24) is 4.57 Å². The molecule has 176 valence electrons. The van der Waals surface area contributed by atoms with Crippen molar-refractivity contribution in [2.24, 2.45) is 11.8 Å². The van der Waals surface area contributed by atoms with Crippen LogP contribution in [-0.4, -0.2) is 10.5 Å². The summed E-state index contributed by atoms with van der Waals surface area (Å²) < 4.78 is 1.74. The number of pyridine rings is 1. The summed E-state index contributed by atoms with van der Waals surface area (Å²) in [6.45, 7) is 2.38. The van der Waals surface area contributed by atoms with E-state index in [1.54, 1.807) is 4.57 Å². The maximum Gasteiger partial charge on any atom is 0.253 e. The predicted molar refractivity (Wildman–Crippen MR) is 137 cm³/mol. The highest BCUT2D eigenvalue weighted by Crippen LogP contribution is 2.38. The lowest BCUT2D eigenvalue weighted by molar-refractivity contribution is -0.118. The van der Waals surface area contributed by atoms with Crippen molar-refractivity contribution < 1.29 is 4.79 Å². The number of amides is 1. The molecule has 2 aliphatic rings. The van der Waals surface area contributed by atoms with Gasteiger partial charge in [0.15, 0.2) is 0 Å². The first kappa shape index (κ1) is 22.6. The minimum absolute atomic E-state index is 0.0405. The molecule has 0 saturated heterocycles. The van der Waals surface area contributed by atoms with Gasteiger partial charge in [0.1, 0.15) is 0 Å². The molecule has 4 nitrogen and oxygen atoms in total. The molecule has 34 heavy (non-hydrogen) atoms. The number of nitrogens with one attached hydrogen (secondary N) is 1. The van der Waals surface area contributed by atoms with Gasteiger partial charge in [0.05, 0.1) is 12.5 Å². The van der Waals surface area contributed by atoms with Gasteiger partial charge in [-0.25, -0.2) is 0 Å². The fourth-order valence-corrected chi connectivity index (χ4v) is 5.39. The zero-order valence-electron chi connectivity index (χ0n) is 20.0. The molecule has 1 amide bonds. The number of aryl methyl sites for hydroxylation is 1. The maximum atomic E-state index is 13.5. The maximum absolute atomic E-state index is 13.5. The third kappa shape index (κ3) is 5.32. The van der Waals surface area contributed by atoms with Gasteiger partial charge >= 0.3 is 0 Å². The van der Waals surface area contributed by atoms with Crippen molar-refractivity contribution in [2.45, 2.75) is 64.3 Å². The number of aromatic nitrogens is 1. The average molecular weight is 455 g/mol. The van der Waals surface area contributed by atoms with E-state index in [0.29, 0.717) is 12.5 Å². The highest BCUT2D eigenvalue weighted by atomic mass is 16.2. The molecule has 1 N–H and O–H groups in total. The number of carbonyl (C=O) groups excluding carboxylic acids is 1. The summed E-state index contributed by atoms with van der Waals surface area (Å²) >= 11 is 0. The van der Waals surface area contributed by atoms with E-state index in [9.17, 15) is 9.59 Å². The Bertz CT molecular complexity index is 1200. The molecule has 2 fully saturated rings. The van der Waals surface area contributed by atoms with Gasteiger partial charge in [-0.3, -0.25) is 9.59 Å². The number of benzene rings is 2. The van der Waals surface area contributed by atoms with Crippen LogP contribution in [0.3, 0.4) is 0 Å². The second-order valence-electron chi connectivity index (χ2n) is 10.2. The molecule has 2 saturated carbocycles. The number of carbonyl (C=O) groups is 1. The van der Waals surface area contributed by atoms with E-state index in [-0.39, 0.29) is 17.4 Å². The Morgan fingerprint density at radius 3 is 2.47 bits per heavy atom. The van der Waals surface area contributed by atoms with Gasteiger partial charge in [-0.1, -0.05) is 55.3 Å². The zero-order valence-corrected chi connectivity index (χ0v) is 20.0. The first-order valence-corrected chi connectivity index (χ1v) is 12.7. The quantitative estimate of drug-likeness (QED) is 0.449. The van der Waals surface area contributed by atoms with Gasteiger partial charge in [0.2, 0.25) is 5.91 Å². The largest absolute Gasteiger partial charge is 0.326 e. The average Bonchev–Trinajstić information content (AvgIpc) is 3.48. The molecule has 0 radical (unpaired) electrons. The van der Waals surface area contributed by atoms with E-state index in [1.165, 1.54) is 31.2 Å². The first-order valence-electron chi connectivity index (χ1n) is 12.7. The van der Waals surface area contributed by atoms with E-state index in [0.717, 1.165) is 47.6 Å². The number of rotatable bonds is 8. The second kappa shape index (κ2) is 10.0. The van der Waals surface area contributed by atoms with Gasteiger partial charge < -0.3 is 9.88 Å². The smallest absolute Gasteiger partial charge is 0.253 e. The van der Waals surface area contributed by atoms with Gasteiger partial charge in [-0.2, -0.15) is 0 Å². The van der Waals surface area contributed by atoms with E-state index in [4.69, 9.17) is 0 Å². The van der Waals surface area contributed by atoms with Crippen LogP contribution < -0.4 is 10.9 Å². The molecule has 3 aromatic rings. The van der Waals surface area contributed by atoms with Crippen LogP contribution in [0.15, 0.2) is 71.7 Å². The lowest BCUT2D eigenvalue weighted by Crippen LogP contribution is -2.26. The topological polar surface area (TPSA) is 51.1 Å². The fourth-order valence-electron chi connectivity index (χ4n) is 5.39. The number of hydrogen-bond acceptors (Lipinski definition) is 2. The molecule has 0 bridgehead atoms. The van der Waals surface area contributed by atoms with Crippen LogP contribution in [0, 0.1) is 18.8 Å². The second-order valence-corrected chi connectivity index (χ2v) is 10.2. The summed E-state index contributed by atoms with van der Waals surface area (Å²) in [6.07, 6.45) is 10.2. The standard InChI is InChI=1S/C30H34N2O2/c1-21-6-5-17-32(30(21)34)20-23-13-15-26(16-14-23)28(25-8-2-3-9-25)29(33)31-27-10-4-7-24(19-27)18-22-11-12-22/h4-7,10,13-17,19,22,25,28H,2-3,8-9,11-12,18,20H2,1H3,(H,31,33). The van der Waals surface area contributed by atoms with E-state index in [1.807, 2.05) is 31.3 Å². The Morgan fingerprint density at radius 1 is 0.971 bits per heavy atom. The molecule has 0 aliphatic heterocycles. The lowest BCUT2D eigenvalue weighted by Gasteiger charge is -2.24. The van der Waals surface area contributed by atoms with E-state index >= 15 is 0 Å². The highest BCUT2D eigenvalue weighted by Gasteiger charge is 2.32. The lowest BCUT2D eigenvalue weighted by atomic mass is 9.83. The first-order chi connectivity index (χ1) is 16.6. The molecule has 1 atom stereocenters. The molecule has 1 aromatic heterocycles. The third-order valence-electron chi connectivity index (χ3n) is 7.47. The minimum atomic E-state index is -0.148. The summed E-state index contributed by atoms with van der Waals surface area (Å²) in [5.41, 5.74) is 5.14.